The van der Waals surface area contributed by atoms with Crippen LogP contribution in [0.1, 0.15) is 19.4 Å². The van der Waals surface area contributed by atoms with Crippen LogP contribution in [0.3, 0.4) is 0 Å². The van der Waals surface area contributed by atoms with Gasteiger partial charge < -0.3 is 20.0 Å². The fourth-order valence-corrected chi connectivity index (χ4v) is 3.34. The number of hydrogen-bond donors (Lipinski definition) is 1. The van der Waals surface area contributed by atoms with E-state index in [0.717, 1.165) is 62.6 Å². The molecule has 150 valence electrons. The molecule has 3 rings (SSSR count). The maximum atomic E-state index is 4.59. The Morgan fingerprint density at radius 1 is 1.07 bits per heavy atom. The molecule has 1 aliphatic rings. The summed E-state index contributed by atoms with van der Waals surface area (Å²) in [5.74, 6) is 2.74. The van der Waals surface area contributed by atoms with E-state index in [-0.39, 0.29) is 0 Å². The lowest BCUT2D eigenvalue weighted by molar-refractivity contribution is 0.370. The Morgan fingerprint density at radius 3 is 2.36 bits per heavy atom. The molecule has 28 heavy (non-hydrogen) atoms. The van der Waals surface area contributed by atoms with Crippen molar-refractivity contribution >= 4 is 17.7 Å². The van der Waals surface area contributed by atoms with Gasteiger partial charge in [0.25, 0.3) is 0 Å². The van der Waals surface area contributed by atoms with Crippen LogP contribution in [0, 0.1) is 0 Å². The van der Waals surface area contributed by atoms with Gasteiger partial charge in [-0.1, -0.05) is 6.07 Å². The molecule has 0 bridgehead atoms. The number of rotatable bonds is 6. The van der Waals surface area contributed by atoms with Gasteiger partial charge in [-0.15, -0.1) is 0 Å². The number of aliphatic imine (C=N–C) groups is 1. The predicted molar refractivity (Wildman–Crippen MR) is 114 cm³/mol. The van der Waals surface area contributed by atoms with E-state index in [2.05, 4.69) is 65.9 Å². The Kier molecular flexibility index (Phi) is 7.00. The van der Waals surface area contributed by atoms with Crippen LogP contribution in [-0.4, -0.2) is 72.1 Å². The molecule has 0 aromatic carbocycles. The van der Waals surface area contributed by atoms with Gasteiger partial charge in [0.15, 0.2) is 5.96 Å². The largest absolute Gasteiger partial charge is 0.357 e. The standard InChI is InChI=1S/C20H30N8/c1-4-26(5-2)18-8-7-17(15-24-18)16-25-19(21-3)27-11-13-28(14-12-27)20-22-9-6-10-23-20/h6-10,15H,4-5,11-14,16H2,1-3H3,(H,21,25). The van der Waals surface area contributed by atoms with Gasteiger partial charge in [-0.25, -0.2) is 15.0 Å². The molecule has 3 heterocycles. The SMILES string of the molecule is CCN(CC)c1ccc(CNC(=NC)N2CCN(c3ncccn3)CC2)cn1. The summed E-state index contributed by atoms with van der Waals surface area (Å²) in [7, 11) is 1.83. The molecule has 0 aliphatic carbocycles. The predicted octanol–water partition coefficient (Wildman–Crippen LogP) is 1.62. The maximum absolute atomic E-state index is 4.59. The molecule has 0 saturated carbocycles. The van der Waals surface area contributed by atoms with Crippen molar-refractivity contribution in [1.29, 1.82) is 0 Å². The van der Waals surface area contributed by atoms with Crippen molar-refractivity contribution in [3.05, 3.63) is 42.4 Å². The van der Waals surface area contributed by atoms with Crippen molar-refractivity contribution in [2.75, 3.05) is 56.1 Å². The molecular formula is C20H30N8. The smallest absolute Gasteiger partial charge is 0.225 e. The van der Waals surface area contributed by atoms with Crippen LogP contribution < -0.4 is 15.1 Å². The zero-order valence-electron chi connectivity index (χ0n) is 17.0. The summed E-state index contributed by atoms with van der Waals surface area (Å²) in [4.78, 5) is 24.4. The maximum Gasteiger partial charge on any atom is 0.225 e. The molecular weight excluding hydrogens is 352 g/mol. The van der Waals surface area contributed by atoms with E-state index in [9.17, 15) is 0 Å². The highest BCUT2D eigenvalue weighted by Crippen LogP contribution is 2.12. The van der Waals surface area contributed by atoms with Crippen molar-refractivity contribution in [3.8, 4) is 0 Å². The number of pyridine rings is 1. The molecule has 0 radical (unpaired) electrons. The van der Waals surface area contributed by atoms with Crippen LogP contribution in [0.4, 0.5) is 11.8 Å². The number of aromatic nitrogens is 3. The van der Waals surface area contributed by atoms with Crippen LogP contribution in [0.25, 0.3) is 0 Å². The second-order valence-electron chi connectivity index (χ2n) is 6.62. The number of hydrogen-bond acceptors (Lipinski definition) is 6. The van der Waals surface area contributed by atoms with E-state index in [1.807, 2.05) is 19.3 Å². The summed E-state index contributed by atoms with van der Waals surface area (Å²) >= 11 is 0. The molecule has 0 unspecified atom stereocenters. The summed E-state index contributed by atoms with van der Waals surface area (Å²) < 4.78 is 0. The fraction of sp³-hybridized carbons (Fsp3) is 0.500. The number of piperazine rings is 1. The lowest BCUT2D eigenvalue weighted by Crippen LogP contribution is -2.52. The monoisotopic (exact) mass is 382 g/mol. The van der Waals surface area contributed by atoms with E-state index in [4.69, 9.17) is 0 Å². The molecule has 1 aliphatic heterocycles. The molecule has 1 fully saturated rings. The Morgan fingerprint density at radius 2 is 1.79 bits per heavy atom. The Labute approximate surface area is 167 Å². The zero-order valence-corrected chi connectivity index (χ0v) is 17.0. The third-order valence-electron chi connectivity index (χ3n) is 4.97. The molecule has 0 amide bonds. The minimum atomic E-state index is 0.709. The summed E-state index contributed by atoms with van der Waals surface area (Å²) in [6, 6.07) is 6.06. The van der Waals surface area contributed by atoms with E-state index in [1.165, 1.54) is 0 Å². The van der Waals surface area contributed by atoms with Crippen LogP contribution >= 0.6 is 0 Å². The third kappa shape index (κ3) is 4.88. The lowest BCUT2D eigenvalue weighted by Gasteiger charge is -2.36. The van der Waals surface area contributed by atoms with E-state index in [1.54, 1.807) is 12.4 Å². The lowest BCUT2D eigenvalue weighted by atomic mass is 10.2. The van der Waals surface area contributed by atoms with Crippen LogP contribution in [0.15, 0.2) is 41.8 Å². The highest BCUT2D eigenvalue weighted by molar-refractivity contribution is 5.80. The third-order valence-corrected chi connectivity index (χ3v) is 4.97. The van der Waals surface area contributed by atoms with Gasteiger partial charge in [0.2, 0.25) is 5.95 Å². The van der Waals surface area contributed by atoms with Gasteiger partial charge in [0.1, 0.15) is 5.82 Å². The molecule has 0 atom stereocenters. The van der Waals surface area contributed by atoms with Crippen LogP contribution in [0.2, 0.25) is 0 Å². The first-order chi connectivity index (χ1) is 13.7. The molecule has 1 N–H and O–H groups in total. The average Bonchev–Trinajstić information content (AvgIpc) is 2.77. The normalized spacial score (nSPS) is 14.9. The molecule has 8 heteroatoms. The zero-order chi connectivity index (χ0) is 19.8. The Bertz CT molecular complexity index is 735. The second-order valence-corrected chi connectivity index (χ2v) is 6.62. The molecule has 2 aromatic rings. The second kappa shape index (κ2) is 9.87. The van der Waals surface area contributed by atoms with Gasteiger partial charge in [0.05, 0.1) is 0 Å². The Hall–Kier alpha value is -2.90. The topological polar surface area (TPSA) is 72.8 Å². The summed E-state index contributed by atoms with van der Waals surface area (Å²) in [5, 5.41) is 3.46. The Balaban J connectivity index is 1.51. The highest BCUT2D eigenvalue weighted by atomic mass is 15.4. The number of nitrogens with zero attached hydrogens (tertiary/aromatic N) is 7. The number of nitrogens with one attached hydrogen (secondary N) is 1. The molecule has 0 spiro atoms. The van der Waals surface area contributed by atoms with Crippen LogP contribution in [-0.2, 0) is 6.54 Å². The molecule has 1 saturated heterocycles. The van der Waals surface area contributed by atoms with Gasteiger partial charge in [-0.2, -0.15) is 0 Å². The van der Waals surface area contributed by atoms with Gasteiger partial charge in [0, 0.05) is 71.5 Å². The highest BCUT2D eigenvalue weighted by Gasteiger charge is 2.21. The van der Waals surface area contributed by atoms with Gasteiger partial charge in [-0.05, 0) is 31.5 Å². The van der Waals surface area contributed by atoms with Crippen molar-refractivity contribution in [2.45, 2.75) is 20.4 Å². The quantitative estimate of drug-likeness (QED) is 0.601. The summed E-state index contributed by atoms with van der Waals surface area (Å²) in [5.41, 5.74) is 1.15. The van der Waals surface area contributed by atoms with Crippen molar-refractivity contribution < 1.29 is 0 Å². The van der Waals surface area contributed by atoms with Crippen molar-refractivity contribution in [3.63, 3.8) is 0 Å². The summed E-state index contributed by atoms with van der Waals surface area (Å²) in [6.45, 7) is 10.5. The van der Waals surface area contributed by atoms with Gasteiger partial charge in [-0.3, -0.25) is 4.99 Å². The first kappa shape index (κ1) is 19.9. The minimum Gasteiger partial charge on any atom is -0.357 e. The van der Waals surface area contributed by atoms with E-state index < -0.39 is 0 Å². The first-order valence-electron chi connectivity index (χ1n) is 9.92. The fourth-order valence-electron chi connectivity index (χ4n) is 3.34. The van der Waals surface area contributed by atoms with Gasteiger partial charge >= 0.3 is 0 Å². The van der Waals surface area contributed by atoms with E-state index >= 15 is 0 Å². The minimum absolute atomic E-state index is 0.709. The molecule has 8 nitrogen and oxygen atoms in total. The number of anilines is 2. The van der Waals surface area contributed by atoms with Crippen LogP contribution in [0.5, 0.6) is 0 Å². The van der Waals surface area contributed by atoms with Crippen molar-refractivity contribution in [2.24, 2.45) is 4.99 Å². The average molecular weight is 383 g/mol. The summed E-state index contributed by atoms with van der Waals surface area (Å²) in [6.07, 6.45) is 5.52. The van der Waals surface area contributed by atoms with Crippen molar-refractivity contribution in [1.82, 2.24) is 25.2 Å². The first-order valence-corrected chi connectivity index (χ1v) is 9.92. The molecule has 2 aromatic heterocycles. The number of guanidine groups is 1. The van der Waals surface area contributed by atoms with E-state index in [0.29, 0.717) is 6.54 Å².